The van der Waals surface area contributed by atoms with Crippen LogP contribution in [-0.2, 0) is 9.59 Å². The van der Waals surface area contributed by atoms with Gasteiger partial charge in [-0.2, -0.15) is 5.26 Å². The van der Waals surface area contributed by atoms with Gasteiger partial charge in [0.15, 0.2) is 0 Å². The number of amides is 1. The van der Waals surface area contributed by atoms with E-state index in [1.807, 2.05) is 6.07 Å². The van der Waals surface area contributed by atoms with E-state index < -0.39 is 11.9 Å². The molecule has 0 heterocycles. The largest absolute Gasteiger partial charge is 0.481 e. The van der Waals surface area contributed by atoms with Gasteiger partial charge in [-0.3, -0.25) is 9.59 Å². The number of aliphatic carboxylic acids is 1. The summed E-state index contributed by atoms with van der Waals surface area (Å²) in [4.78, 5) is 22.6. The lowest BCUT2D eigenvalue weighted by Crippen LogP contribution is -2.34. The third-order valence-electron chi connectivity index (χ3n) is 3.09. The molecule has 1 unspecified atom stereocenters. The van der Waals surface area contributed by atoms with Crippen molar-refractivity contribution in [2.45, 2.75) is 13.8 Å². The fourth-order valence-electron chi connectivity index (χ4n) is 1.72. The van der Waals surface area contributed by atoms with Gasteiger partial charge in [-0.05, 0) is 29.7 Å². The van der Waals surface area contributed by atoms with Gasteiger partial charge in [0.05, 0.1) is 17.6 Å². The summed E-state index contributed by atoms with van der Waals surface area (Å²) in [6, 6.07) is 8.81. The molecule has 0 fully saturated rings. The van der Waals surface area contributed by atoms with Crippen LogP contribution in [-0.4, -0.2) is 23.5 Å². The van der Waals surface area contributed by atoms with E-state index in [4.69, 9.17) is 10.4 Å². The second-order valence-corrected chi connectivity index (χ2v) is 5.00. The zero-order chi connectivity index (χ0) is 15.8. The molecule has 5 heteroatoms. The summed E-state index contributed by atoms with van der Waals surface area (Å²) in [5.41, 5.74) is 1.35. The zero-order valence-electron chi connectivity index (χ0n) is 12.0. The van der Waals surface area contributed by atoms with E-state index in [-0.39, 0.29) is 18.4 Å². The maximum absolute atomic E-state index is 11.6. The topological polar surface area (TPSA) is 90.2 Å². The second kappa shape index (κ2) is 7.85. The van der Waals surface area contributed by atoms with Gasteiger partial charge in [-0.1, -0.05) is 26.0 Å². The summed E-state index contributed by atoms with van der Waals surface area (Å²) < 4.78 is 0. The van der Waals surface area contributed by atoms with Gasteiger partial charge in [0.1, 0.15) is 0 Å². The van der Waals surface area contributed by atoms with Crippen LogP contribution in [0.15, 0.2) is 30.3 Å². The van der Waals surface area contributed by atoms with Crippen molar-refractivity contribution >= 4 is 18.0 Å². The van der Waals surface area contributed by atoms with Crippen molar-refractivity contribution in [3.63, 3.8) is 0 Å². The molecule has 0 radical (unpaired) electrons. The fourth-order valence-corrected chi connectivity index (χ4v) is 1.72. The zero-order valence-corrected chi connectivity index (χ0v) is 12.0. The molecule has 0 saturated heterocycles. The molecule has 1 rings (SSSR count). The summed E-state index contributed by atoms with van der Waals surface area (Å²) in [6.07, 6.45) is 2.96. The first-order valence-corrected chi connectivity index (χ1v) is 6.63. The van der Waals surface area contributed by atoms with Crippen LogP contribution in [0.4, 0.5) is 0 Å². The number of benzene rings is 1. The van der Waals surface area contributed by atoms with Gasteiger partial charge in [0, 0.05) is 12.6 Å². The highest BCUT2D eigenvalue weighted by atomic mass is 16.4. The Bertz CT molecular complexity index is 568. The molecule has 0 saturated carbocycles. The molecule has 0 aliphatic heterocycles. The normalized spacial score (nSPS) is 12.1. The predicted octanol–water partition coefficient (Wildman–Crippen LogP) is 2.04. The fraction of sp³-hybridized carbons (Fsp3) is 0.312. The van der Waals surface area contributed by atoms with Crippen LogP contribution in [0.1, 0.15) is 25.0 Å². The summed E-state index contributed by atoms with van der Waals surface area (Å²) in [6.45, 7) is 3.71. The average Bonchev–Trinajstić information content (AvgIpc) is 2.45. The number of carboxylic acids is 1. The van der Waals surface area contributed by atoms with Crippen LogP contribution in [0.2, 0.25) is 0 Å². The lowest BCUT2D eigenvalue weighted by atomic mass is 9.96. The van der Waals surface area contributed by atoms with E-state index in [2.05, 4.69) is 5.32 Å². The molecule has 0 bridgehead atoms. The highest BCUT2D eigenvalue weighted by Gasteiger charge is 2.21. The third kappa shape index (κ3) is 5.49. The summed E-state index contributed by atoms with van der Waals surface area (Å²) in [5.74, 6) is -1.91. The number of nitriles is 1. The number of nitrogens with zero attached hydrogens (tertiary/aromatic N) is 1. The van der Waals surface area contributed by atoms with E-state index in [1.54, 1.807) is 44.2 Å². The molecule has 1 amide bonds. The van der Waals surface area contributed by atoms with Gasteiger partial charge < -0.3 is 10.4 Å². The average molecular weight is 286 g/mol. The van der Waals surface area contributed by atoms with Crippen molar-refractivity contribution in [2.75, 3.05) is 6.54 Å². The van der Waals surface area contributed by atoms with Crippen molar-refractivity contribution < 1.29 is 14.7 Å². The molecule has 110 valence electrons. The van der Waals surface area contributed by atoms with Crippen molar-refractivity contribution in [3.8, 4) is 6.07 Å². The second-order valence-electron chi connectivity index (χ2n) is 5.00. The number of nitrogens with one attached hydrogen (secondary N) is 1. The Morgan fingerprint density at radius 3 is 2.43 bits per heavy atom. The summed E-state index contributed by atoms with van der Waals surface area (Å²) >= 11 is 0. The quantitative estimate of drug-likeness (QED) is 0.783. The Labute approximate surface area is 123 Å². The lowest BCUT2D eigenvalue weighted by molar-refractivity contribution is -0.143. The molecular weight excluding hydrogens is 268 g/mol. The Morgan fingerprint density at radius 1 is 1.33 bits per heavy atom. The highest BCUT2D eigenvalue weighted by molar-refractivity contribution is 5.92. The Kier molecular flexibility index (Phi) is 6.15. The molecule has 0 aliphatic carbocycles. The van der Waals surface area contributed by atoms with Crippen LogP contribution in [0, 0.1) is 23.2 Å². The van der Waals surface area contributed by atoms with Crippen molar-refractivity contribution in [1.82, 2.24) is 5.32 Å². The standard InChI is InChI=1S/C16H18N2O3/c1-11(2)14(16(20)21)10-18-15(19)8-7-12-3-5-13(9-17)6-4-12/h3-8,11,14H,10H2,1-2H3,(H,18,19)(H,20,21). The minimum atomic E-state index is -0.915. The Hall–Kier alpha value is -2.61. The molecule has 21 heavy (non-hydrogen) atoms. The van der Waals surface area contributed by atoms with Crippen LogP contribution in [0.3, 0.4) is 0 Å². The molecule has 1 atom stereocenters. The molecular formula is C16H18N2O3. The van der Waals surface area contributed by atoms with E-state index in [0.29, 0.717) is 5.56 Å². The lowest BCUT2D eigenvalue weighted by Gasteiger charge is -2.15. The Balaban J connectivity index is 2.54. The van der Waals surface area contributed by atoms with E-state index in [9.17, 15) is 9.59 Å². The molecule has 0 aliphatic rings. The number of carbonyl (C=O) groups excluding carboxylic acids is 1. The Morgan fingerprint density at radius 2 is 1.95 bits per heavy atom. The van der Waals surface area contributed by atoms with Crippen molar-refractivity contribution in [2.24, 2.45) is 11.8 Å². The van der Waals surface area contributed by atoms with Crippen LogP contribution >= 0.6 is 0 Å². The SMILES string of the molecule is CC(C)C(CNC(=O)C=Cc1ccc(C#N)cc1)C(=O)O. The minimum Gasteiger partial charge on any atom is -0.481 e. The van der Waals surface area contributed by atoms with E-state index >= 15 is 0 Å². The number of rotatable bonds is 6. The van der Waals surface area contributed by atoms with Crippen molar-refractivity contribution in [3.05, 3.63) is 41.5 Å². The van der Waals surface area contributed by atoms with Gasteiger partial charge in [-0.25, -0.2) is 0 Å². The molecule has 1 aromatic rings. The molecule has 1 aromatic carbocycles. The first kappa shape index (κ1) is 16.4. The molecule has 0 spiro atoms. The number of carbonyl (C=O) groups is 2. The number of hydrogen-bond donors (Lipinski definition) is 2. The van der Waals surface area contributed by atoms with Crippen molar-refractivity contribution in [1.29, 1.82) is 5.26 Å². The van der Waals surface area contributed by atoms with Gasteiger partial charge in [-0.15, -0.1) is 0 Å². The summed E-state index contributed by atoms with van der Waals surface area (Å²) in [5, 5.41) is 20.3. The van der Waals surface area contributed by atoms with Gasteiger partial charge in [0.25, 0.3) is 0 Å². The minimum absolute atomic E-state index is 0.0506. The van der Waals surface area contributed by atoms with Gasteiger partial charge in [0.2, 0.25) is 5.91 Å². The first-order valence-electron chi connectivity index (χ1n) is 6.63. The maximum atomic E-state index is 11.6. The van der Waals surface area contributed by atoms with Gasteiger partial charge >= 0.3 is 5.97 Å². The van der Waals surface area contributed by atoms with Crippen LogP contribution < -0.4 is 5.32 Å². The smallest absolute Gasteiger partial charge is 0.308 e. The van der Waals surface area contributed by atoms with E-state index in [1.165, 1.54) is 6.08 Å². The predicted molar refractivity (Wildman–Crippen MR) is 79.2 cm³/mol. The molecule has 5 nitrogen and oxygen atoms in total. The monoisotopic (exact) mass is 286 g/mol. The highest BCUT2D eigenvalue weighted by Crippen LogP contribution is 2.09. The van der Waals surface area contributed by atoms with E-state index in [0.717, 1.165) is 5.56 Å². The number of hydrogen-bond acceptors (Lipinski definition) is 3. The molecule has 0 aromatic heterocycles. The first-order chi connectivity index (χ1) is 9.93. The van der Waals surface area contributed by atoms with Crippen LogP contribution in [0.5, 0.6) is 0 Å². The van der Waals surface area contributed by atoms with Crippen LogP contribution in [0.25, 0.3) is 6.08 Å². The molecule has 2 N–H and O–H groups in total. The third-order valence-corrected chi connectivity index (χ3v) is 3.09. The maximum Gasteiger partial charge on any atom is 0.308 e. The summed E-state index contributed by atoms with van der Waals surface area (Å²) in [7, 11) is 0. The number of carboxylic acid groups (broad SMARTS) is 1.